The SMILES string of the molecule is Cc1csc(SCc2c(C(=O)NCC(=O)Nc3ccc(F)c(F)c3)oc3ccccc23)n1. The van der Waals surface area contributed by atoms with Crippen molar-refractivity contribution in [3.63, 3.8) is 0 Å². The minimum atomic E-state index is -1.08. The molecule has 0 aliphatic heterocycles. The van der Waals surface area contributed by atoms with Crippen LogP contribution in [-0.2, 0) is 10.5 Å². The van der Waals surface area contributed by atoms with Gasteiger partial charge in [-0.3, -0.25) is 9.59 Å². The molecule has 2 heterocycles. The summed E-state index contributed by atoms with van der Waals surface area (Å²) in [7, 11) is 0. The Morgan fingerprint density at radius 3 is 2.72 bits per heavy atom. The van der Waals surface area contributed by atoms with Crippen molar-refractivity contribution in [1.29, 1.82) is 0 Å². The number of thioether (sulfide) groups is 1. The number of carbonyl (C=O) groups is 2. The van der Waals surface area contributed by atoms with Gasteiger partial charge in [0.15, 0.2) is 17.4 Å². The van der Waals surface area contributed by atoms with Crippen LogP contribution < -0.4 is 10.6 Å². The minimum Gasteiger partial charge on any atom is -0.451 e. The number of aromatic nitrogens is 1. The Balaban J connectivity index is 1.46. The molecule has 0 fully saturated rings. The summed E-state index contributed by atoms with van der Waals surface area (Å²) in [6.45, 7) is 1.55. The molecule has 164 valence electrons. The van der Waals surface area contributed by atoms with Crippen LogP contribution in [0.15, 0.2) is 56.6 Å². The van der Waals surface area contributed by atoms with Crippen LogP contribution >= 0.6 is 23.1 Å². The largest absolute Gasteiger partial charge is 0.451 e. The van der Waals surface area contributed by atoms with Gasteiger partial charge in [-0.1, -0.05) is 30.0 Å². The highest BCUT2D eigenvalue weighted by Gasteiger charge is 2.21. The monoisotopic (exact) mass is 473 g/mol. The number of furan rings is 1. The molecule has 0 unspecified atom stereocenters. The third kappa shape index (κ3) is 4.97. The number of hydrogen-bond acceptors (Lipinski definition) is 6. The predicted octanol–water partition coefficient (Wildman–Crippen LogP) is 5.14. The number of rotatable bonds is 7. The van der Waals surface area contributed by atoms with Gasteiger partial charge in [0, 0.05) is 39.5 Å². The van der Waals surface area contributed by atoms with Crippen molar-refractivity contribution in [2.75, 3.05) is 11.9 Å². The second-order valence-electron chi connectivity index (χ2n) is 6.81. The lowest BCUT2D eigenvalue weighted by molar-refractivity contribution is -0.115. The smallest absolute Gasteiger partial charge is 0.287 e. The molecule has 6 nitrogen and oxygen atoms in total. The zero-order valence-electron chi connectivity index (χ0n) is 16.8. The Morgan fingerprint density at radius 2 is 1.97 bits per heavy atom. The van der Waals surface area contributed by atoms with E-state index in [0.717, 1.165) is 27.6 Å². The molecule has 2 N–H and O–H groups in total. The fraction of sp³-hybridized carbons (Fsp3) is 0.136. The standard InChI is InChI=1S/C22H17F2N3O3S2/c1-12-10-31-22(26-12)32-11-15-14-4-2-3-5-18(14)30-20(15)21(29)25-9-19(28)27-13-6-7-16(23)17(24)8-13/h2-8,10H,9,11H2,1H3,(H,25,29)(H,27,28). The van der Waals surface area contributed by atoms with Crippen molar-refractivity contribution in [1.82, 2.24) is 10.3 Å². The molecule has 32 heavy (non-hydrogen) atoms. The zero-order valence-corrected chi connectivity index (χ0v) is 18.4. The van der Waals surface area contributed by atoms with Crippen LogP contribution in [0.3, 0.4) is 0 Å². The lowest BCUT2D eigenvalue weighted by atomic mass is 10.1. The van der Waals surface area contributed by atoms with E-state index in [4.69, 9.17) is 4.42 Å². The topological polar surface area (TPSA) is 84.2 Å². The number of carbonyl (C=O) groups excluding carboxylic acids is 2. The molecule has 2 aromatic carbocycles. The number of thiazole rings is 1. The van der Waals surface area contributed by atoms with E-state index in [1.807, 2.05) is 30.5 Å². The van der Waals surface area contributed by atoms with E-state index in [1.165, 1.54) is 29.2 Å². The number of hydrogen-bond donors (Lipinski definition) is 2. The predicted molar refractivity (Wildman–Crippen MR) is 120 cm³/mol. The van der Waals surface area contributed by atoms with Crippen LogP contribution in [-0.4, -0.2) is 23.3 Å². The van der Waals surface area contributed by atoms with E-state index in [-0.39, 0.29) is 18.0 Å². The summed E-state index contributed by atoms with van der Waals surface area (Å²) in [6.07, 6.45) is 0. The maximum absolute atomic E-state index is 13.3. The first-order valence-electron chi connectivity index (χ1n) is 9.49. The highest BCUT2D eigenvalue weighted by molar-refractivity contribution is 8.00. The van der Waals surface area contributed by atoms with Crippen molar-refractivity contribution in [3.05, 3.63) is 76.5 Å². The van der Waals surface area contributed by atoms with Gasteiger partial charge in [0.05, 0.1) is 6.54 Å². The number of nitrogens with one attached hydrogen (secondary N) is 2. The summed E-state index contributed by atoms with van der Waals surface area (Å²) < 4.78 is 33.0. The van der Waals surface area contributed by atoms with Crippen molar-refractivity contribution in [3.8, 4) is 0 Å². The van der Waals surface area contributed by atoms with E-state index in [1.54, 1.807) is 6.07 Å². The molecule has 0 bridgehead atoms. The summed E-state index contributed by atoms with van der Waals surface area (Å²) >= 11 is 3.02. The van der Waals surface area contributed by atoms with Crippen LogP contribution in [0, 0.1) is 18.6 Å². The van der Waals surface area contributed by atoms with Gasteiger partial charge in [-0.15, -0.1) is 11.3 Å². The van der Waals surface area contributed by atoms with Gasteiger partial charge in [-0.2, -0.15) is 0 Å². The fourth-order valence-corrected chi connectivity index (χ4v) is 4.86. The van der Waals surface area contributed by atoms with Gasteiger partial charge in [-0.05, 0) is 25.1 Å². The van der Waals surface area contributed by atoms with Crippen LogP contribution in [0.4, 0.5) is 14.5 Å². The normalized spacial score (nSPS) is 11.0. The molecule has 10 heteroatoms. The van der Waals surface area contributed by atoms with E-state index in [2.05, 4.69) is 15.6 Å². The van der Waals surface area contributed by atoms with Crippen molar-refractivity contribution >= 4 is 51.6 Å². The summed E-state index contributed by atoms with van der Waals surface area (Å²) in [5.41, 5.74) is 2.29. The van der Waals surface area contributed by atoms with Crippen LogP contribution in [0.25, 0.3) is 11.0 Å². The third-order valence-corrected chi connectivity index (χ3v) is 6.62. The minimum absolute atomic E-state index is 0.0858. The van der Waals surface area contributed by atoms with Gasteiger partial charge < -0.3 is 15.1 Å². The molecule has 0 radical (unpaired) electrons. The Kier molecular flexibility index (Phi) is 6.52. The average Bonchev–Trinajstić information content (AvgIpc) is 3.36. The molecule has 0 saturated heterocycles. The zero-order chi connectivity index (χ0) is 22.7. The molecule has 0 aliphatic carbocycles. The van der Waals surface area contributed by atoms with Gasteiger partial charge in [0.2, 0.25) is 5.91 Å². The Bertz CT molecular complexity index is 1300. The highest BCUT2D eigenvalue weighted by Crippen LogP contribution is 2.33. The number of fused-ring (bicyclic) bond motifs is 1. The lowest BCUT2D eigenvalue weighted by Gasteiger charge is -2.07. The van der Waals surface area contributed by atoms with Crippen LogP contribution in [0.2, 0.25) is 0 Å². The number of para-hydroxylation sites is 1. The van der Waals surface area contributed by atoms with Crippen molar-refractivity contribution in [2.45, 2.75) is 17.0 Å². The molecule has 0 spiro atoms. The molecule has 2 aromatic heterocycles. The van der Waals surface area contributed by atoms with Crippen molar-refractivity contribution < 1.29 is 22.8 Å². The number of amides is 2. The Labute approximate surface area is 190 Å². The van der Waals surface area contributed by atoms with Gasteiger partial charge in [-0.25, -0.2) is 13.8 Å². The Hall–Kier alpha value is -3.24. The van der Waals surface area contributed by atoms with Crippen LogP contribution in [0.5, 0.6) is 0 Å². The van der Waals surface area contributed by atoms with E-state index >= 15 is 0 Å². The Morgan fingerprint density at radius 1 is 1.16 bits per heavy atom. The summed E-state index contributed by atoms with van der Waals surface area (Å²) in [4.78, 5) is 29.3. The maximum Gasteiger partial charge on any atom is 0.287 e. The van der Waals surface area contributed by atoms with Crippen LogP contribution in [0.1, 0.15) is 21.8 Å². The van der Waals surface area contributed by atoms with Gasteiger partial charge >= 0.3 is 0 Å². The molecule has 2 amide bonds. The van der Waals surface area contributed by atoms with E-state index in [0.29, 0.717) is 16.9 Å². The number of anilines is 1. The molecular weight excluding hydrogens is 456 g/mol. The summed E-state index contributed by atoms with van der Waals surface area (Å²) in [5, 5.41) is 7.68. The van der Waals surface area contributed by atoms with E-state index in [9.17, 15) is 18.4 Å². The first-order valence-corrected chi connectivity index (χ1v) is 11.4. The summed E-state index contributed by atoms with van der Waals surface area (Å²) in [5.74, 6) is -2.64. The van der Waals surface area contributed by atoms with Crippen molar-refractivity contribution in [2.24, 2.45) is 0 Å². The first kappa shape index (κ1) is 22.0. The number of halogens is 2. The maximum atomic E-state index is 13.3. The number of aryl methyl sites for hydroxylation is 1. The molecule has 4 aromatic rings. The third-order valence-electron chi connectivity index (χ3n) is 4.46. The molecule has 0 saturated carbocycles. The highest BCUT2D eigenvalue weighted by atomic mass is 32.2. The first-order chi connectivity index (χ1) is 15.4. The lowest BCUT2D eigenvalue weighted by Crippen LogP contribution is -2.33. The number of benzene rings is 2. The molecule has 0 atom stereocenters. The summed E-state index contributed by atoms with van der Waals surface area (Å²) in [6, 6.07) is 10.3. The fourth-order valence-electron chi connectivity index (χ4n) is 2.98. The van der Waals surface area contributed by atoms with E-state index < -0.39 is 23.4 Å². The number of nitrogens with zero attached hydrogens (tertiary/aromatic N) is 1. The van der Waals surface area contributed by atoms with Gasteiger partial charge in [0.25, 0.3) is 5.91 Å². The molecular formula is C22H17F2N3O3S2. The molecule has 4 rings (SSSR count). The quantitative estimate of drug-likeness (QED) is 0.363. The van der Waals surface area contributed by atoms with Gasteiger partial charge in [0.1, 0.15) is 9.92 Å². The molecule has 0 aliphatic rings. The second kappa shape index (κ2) is 9.49. The average molecular weight is 474 g/mol. The second-order valence-corrected chi connectivity index (χ2v) is 8.89.